The number of nitrogens with zero attached hydrogens (tertiary/aromatic N) is 2. The molecule has 0 spiro atoms. The van der Waals surface area contributed by atoms with E-state index >= 15 is 0 Å². The Bertz CT molecular complexity index is 467. The molecule has 0 radical (unpaired) electrons. The van der Waals surface area contributed by atoms with Crippen LogP contribution in [-0.2, 0) is 20.0 Å². The van der Waals surface area contributed by atoms with Gasteiger partial charge in [0.15, 0.2) is 0 Å². The fourth-order valence-corrected chi connectivity index (χ4v) is 1.90. The molecule has 96 valence electrons. The number of aliphatic hydroxyl groups excluding tert-OH is 1. The number of aryl methyl sites for hydroxylation is 1. The number of imidazole rings is 1. The number of hydrogen-bond acceptors (Lipinski definition) is 3. The molecule has 4 heteroatoms. The summed E-state index contributed by atoms with van der Waals surface area (Å²) in [6, 6.07) is 10.2. The minimum Gasteiger partial charge on any atom is -0.395 e. The Morgan fingerprint density at radius 3 is 2.72 bits per heavy atom. The maximum Gasteiger partial charge on any atom is 0.122 e. The Morgan fingerprint density at radius 2 is 2.11 bits per heavy atom. The van der Waals surface area contributed by atoms with Crippen molar-refractivity contribution < 1.29 is 5.11 Å². The molecule has 0 saturated heterocycles. The molecule has 18 heavy (non-hydrogen) atoms. The molecule has 0 bridgehead atoms. The molecule has 0 aliphatic rings. The highest BCUT2D eigenvalue weighted by atomic mass is 16.3. The lowest BCUT2D eigenvalue weighted by molar-refractivity contribution is 0.239. The van der Waals surface area contributed by atoms with Crippen molar-refractivity contribution >= 4 is 0 Å². The second kappa shape index (κ2) is 6.33. The maximum atomic E-state index is 9.40. The maximum absolute atomic E-state index is 9.40. The molecule has 1 aromatic carbocycles. The molecule has 1 unspecified atom stereocenters. The van der Waals surface area contributed by atoms with Gasteiger partial charge >= 0.3 is 0 Å². The second-order valence-corrected chi connectivity index (χ2v) is 4.40. The highest BCUT2D eigenvalue weighted by Gasteiger charge is 2.09. The lowest BCUT2D eigenvalue weighted by Crippen LogP contribution is -2.34. The Labute approximate surface area is 107 Å². The number of nitrogens with one attached hydrogen (secondary N) is 1. The molecule has 2 aromatic rings. The van der Waals surface area contributed by atoms with Gasteiger partial charge in [-0.3, -0.25) is 0 Å². The van der Waals surface area contributed by atoms with Gasteiger partial charge in [-0.2, -0.15) is 0 Å². The van der Waals surface area contributed by atoms with Gasteiger partial charge in [-0.15, -0.1) is 0 Å². The summed E-state index contributed by atoms with van der Waals surface area (Å²) < 4.78 is 1.98. The number of aliphatic hydroxyl groups is 1. The summed E-state index contributed by atoms with van der Waals surface area (Å²) in [5.41, 5.74) is 1.23. The van der Waals surface area contributed by atoms with Gasteiger partial charge in [-0.25, -0.2) is 4.98 Å². The molecule has 1 heterocycles. The normalized spacial score (nSPS) is 12.6. The molecule has 0 aliphatic heterocycles. The highest BCUT2D eigenvalue weighted by Crippen LogP contribution is 2.03. The van der Waals surface area contributed by atoms with Crippen LogP contribution in [0.5, 0.6) is 0 Å². The van der Waals surface area contributed by atoms with E-state index in [1.165, 1.54) is 5.56 Å². The van der Waals surface area contributed by atoms with Gasteiger partial charge in [0.05, 0.1) is 13.2 Å². The average Bonchev–Trinajstić information content (AvgIpc) is 2.81. The van der Waals surface area contributed by atoms with E-state index in [1.807, 2.05) is 36.0 Å². The Kier molecular flexibility index (Phi) is 4.50. The van der Waals surface area contributed by atoms with Crippen LogP contribution in [-0.4, -0.2) is 27.3 Å². The summed E-state index contributed by atoms with van der Waals surface area (Å²) in [6.45, 7) is 0.793. The van der Waals surface area contributed by atoms with Crippen LogP contribution < -0.4 is 5.32 Å². The monoisotopic (exact) mass is 245 g/mol. The molecular formula is C14H19N3O. The van der Waals surface area contributed by atoms with Crippen LogP contribution in [0.15, 0.2) is 42.7 Å². The van der Waals surface area contributed by atoms with Crippen LogP contribution in [0.4, 0.5) is 0 Å². The fraction of sp³-hybridized carbons (Fsp3) is 0.357. The van der Waals surface area contributed by atoms with Crippen molar-refractivity contribution in [1.82, 2.24) is 14.9 Å². The van der Waals surface area contributed by atoms with Gasteiger partial charge < -0.3 is 15.0 Å². The molecule has 2 rings (SSSR count). The standard InChI is InChI=1S/C14H19N3O/c1-17-8-7-15-14(17)10-16-13(11-18)9-12-5-3-2-4-6-12/h2-8,13,16,18H,9-11H2,1H3. The van der Waals surface area contributed by atoms with Crippen molar-refractivity contribution in [2.45, 2.75) is 19.0 Å². The first-order valence-corrected chi connectivity index (χ1v) is 6.14. The van der Waals surface area contributed by atoms with Gasteiger partial charge in [0.25, 0.3) is 0 Å². The summed E-state index contributed by atoms with van der Waals surface area (Å²) in [5.74, 6) is 0.974. The highest BCUT2D eigenvalue weighted by molar-refractivity contribution is 5.15. The molecule has 4 nitrogen and oxygen atoms in total. The number of rotatable bonds is 6. The third-order valence-electron chi connectivity index (χ3n) is 3.02. The lowest BCUT2D eigenvalue weighted by Gasteiger charge is -2.16. The summed E-state index contributed by atoms with van der Waals surface area (Å²) in [4.78, 5) is 4.25. The number of aromatic nitrogens is 2. The van der Waals surface area contributed by atoms with Crippen LogP contribution in [0.1, 0.15) is 11.4 Å². The van der Waals surface area contributed by atoms with E-state index < -0.39 is 0 Å². The first-order chi connectivity index (χ1) is 8.79. The van der Waals surface area contributed by atoms with Crippen molar-refractivity contribution in [3.05, 3.63) is 54.1 Å². The van der Waals surface area contributed by atoms with Crippen LogP contribution in [0.25, 0.3) is 0 Å². The molecule has 0 saturated carbocycles. The molecule has 1 aromatic heterocycles. The van der Waals surface area contributed by atoms with Crippen LogP contribution in [0.3, 0.4) is 0 Å². The summed E-state index contributed by atoms with van der Waals surface area (Å²) in [5, 5.41) is 12.7. The van der Waals surface area contributed by atoms with Gasteiger partial charge in [0.1, 0.15) is 5.82 Å². The van der Waals surface area contributed by atoms with Gasteiger partial charge in [0, 0.05) is 25.5 Å². The zero-order valence-electron chi connectivity index (χ0n) is 10.6. The third kappa shape index (κ3) is 3.42. The number of benzene rings is 1. The molecule has 0 aliphatic carbocycles. The van der Waals surface area contributed by atoms with Gasteiger partial charge in [-0.1, -0.05) is 30.3 Å². The molecule has 0 amide bonds. The Morgan fingerprint density at radius 1 is 1.33 bits per heavy atom. The lowest BCUT2D eigenvalue weighted by atomic mass is 10.1. The van der Waals surface area contributed by atoms with Crippen molar-refractivity contribution in [2.24, 2.45) is 7.05 Å². The summed E-state index contributed by atoms with van der Waals surface area (Å²) in [7, 11) is 1.97. The van der Waals surface area contributed by atoms with Crippen molar-refractivity contribution in [1.29, 1.82) is 0 Å². The second-order valence-electron chi connectivity index (χ2n) is 4.40. The van der Waals surface area contributed by atoms with Gasteiger partial charge in [-0.05, 0) is 12.0 Å². The van der Waals surface area contributed by atoms with E-state index in [-0.39, 0.29) is 12.6 Å². The quantitative estimate of drug-likeness (QED) is 0.801. The Hall–Kier alpha value is -1.65. The number of hydrogen-bond donors (Lipinski definition) is 2. The Balaban J connectivity index is 1.88. The smallest absolute Gasteiger partial charge is 0.122 e. The van der Waals surface area contributed by atoms with Crippen molar-refractivity contribution in [3.63, 3.8) is 0 Å². The van der Waals surface area contributed by atoms with E-state index in [9.17, 15) is 5.11 Å². The van der Waals surface area contributed by atoms with Crippen LogP contribution in [0, 0.1) is 0 Å². The predicted molar refractivity (Wildman–Crippen MR) is 71.1 cm³/mol. The van der Waals surface area contributed by atoms with Crippen LogP contribution >= 0.6 is 0 Å². The van der Waals surface area contributed by atoms with Crippen molar-refractivity contribution in [3.8, 4) is 0 Å². The molecule has 1 atom stereocenters. The molecule has 0 fully saturated rings. The largest absolute Gasteiger partial charge is 0.395 e. The first-order valence-electron chi connectivity index (χ1n) is 6.14. The summed E-state index contributed by atoms with van der Waals surface area (Å²) >= 11 is 0. The fourth-order valence-electron chi connectivity index (χ4n) is 1.90. The first kappa shape index (κ1) is 12.8. The molecule has 2 N–H and O–H groups in total. The SMILES string of the molecule is Cn1ccnc1CNC(CO)Cc1ccccc1. The molecular weight excluding hydrogens is 226 g/mol. The topological polar surface area (TPSA) is 50.1 Å². The predicted octanol–water partition coefficient (Wildman–Crippen LogP) is 1.11. The van der Waals surface area contributed by atoms with E-state index in [0.29, 0.717) is 6.54 Å². The third-order valence-corrected chi connectivity index (χ3v) is 3.02. The van der Waals surface area contributed by atoms with E-state index in [4.69, 9.17) is 0 Å². The average molecular weight is 245 g/mol. The van der Waals surface area contributed by atoms with Gasteiger partial charge in [0.2, 0.25) is 0 Å². The zero-order chi connectivity index (χ0) is 12.8. The summed E-state index contributed by atoms with van der Waals surface area (Å²) in [6.07, 6.45) is 4.52. The minimum atomic E-state index is 0.0594. The van der Waals surface area contributed by atoms with E-state index in [2.05, 4.69) is 22.4 Å². The van der Waals surface area contributed by atoms with Crippen molar-refractivity contribution in [2.75, 3.05) is 6.61 Å². The van der Waals surface area contributed by atoms with E-state index in [0.717, 1.165) is 12.2 Å². The zero-order valence-corrected chi connectivity index (χ0v) is 10.6. The minimum absolute atomic E-state index is 0.0594. The van der Waals surface area contributed by atoms with E-state index in [1.54, 1.807) is 6.20 Å². The van der Waals surface area contributed by atoms with Crippen LogP contribution in [0.2, 0.25) is 0 Å².